The fourth-order valence-corrected chi connectivity index (χ4v) is 1.40. The molecule has 0 aliphatic carbocycles. The van der Waals surface area contributed by atoms with Gasteiger partial charge in [0, 0.05) is 13.3 Å². The van der Waals surface area contributed by atoms with E-state index in [-0.39, 0.29) is 24.5 Å². The van der Waals surface area contributed by atoms with Gasteiger partial charge in [0.2, 0.25) is 0 Å². The summed E-state index contributed by atoms with van der Waals surface area (Å²) < 4.78 is 6.42. The first-order chi connectivity index (χ1) is 6.65. The Hall–Kier alpha value is -0.760. The lowest BCUT2D eigenvalue weighted by Gasteiger charge is -2.03. The van der Waals surface area contributed by atoms with Crippen molar-refractivity contribution in [2.45, 2.75) is 6.54 Å². The van der Waals surface area contributed by atoms with Crippen LogP contribution in [0.5, 0.6) is 0 Å². The van der Waals surface area contributed by atoms with Gasteiger partial charge in [-0.25, -0.2) is 4.98 Å². The van der Waals surface area contributed by atoms with Crippen molar-refractivity contribution >= 4 is 28.4 Å². The molecule has 0 saturated heterocycles. The number of carbonyl (C=O) groups excluding carboxylic acids is 1. The number of hydrogen-bond donors (Lipinski definition) is 0. The minimum Gasteiger partial charge on any atom is -0.377 e. The number of methoxy groups -OCH3 is 1. The van der Waals surface area contributed by atoms with Crippen LogP contribution in [0.15, 0.2) is 17.3 Å². The first-order valence-corrected chi connectivity index (χ1v) is 4.93. The van der Waals surface area contributed by atoms with Crippen LogP contribution in [0.25, 0.3) is 0 Å². The molecule has 76 valence electrons. The highest BCUT2D eigenvalue weighted by Gasteiger charge is 2.05. The molecule has 0 aliphatic rings. The summed E-state index contributed by atoms with van der Waals surface area (Å²) in [6, 6.07) is 0. The summed E-state index contributed by atoms with van der Waals surface area (Å²) >= 11 is 1.88. The van der Waals surface area contributed by atoms with E-state index in [4.69, 9.17) is 0 Å². The van der Waals surface area contributed by atoms with Gasteiger partial charge in [0.1, 0.15) is 6.61 Å². The van der Waals surface area contributed by atoms with Crippen LogP contribution in [0.2, 0.25) is 0 Å². The van der Waals surface area contributed by atoms with Crippen LogP contribution in [0, 0.1) is 3.57 Å². The fourth-order valence-electron chi connectivity index (χ4n) is 0.933. The Balaban J connectivity index is 2.82. The average Bonchev–Trinajstić information content (AvgIpc) is 2.13. The molecule has 14 heavy (non-hydrogen) atoms. The molecule has 5 nitrogen and oxygen atoms in total. The van der Waals surface area contributed by atoms with Crippen molar-refractivity contribution in [3.63, 3.8) is 0 Å². The van der Waals surface area contributed by atoms with Crippen LogP contribution in [0.1, 0.15) is 0 Å². The second kappa shape index (κ2) is 5.20. The topological polar surface area (TPSA) is 61.2 Å². The first-order valence-electron chi connectivity index (χ1n) is 3.85. The molecule has 6 heteroatoms. The number of Topliss-reactive ketones (excluding diaryl/α,β-unsaturated/α-hetero) is 1. The maximum atomic E-state index is 11.4. The minimum atomic E-state index is -0.204. The van der Waals surface area contributed by atoms with Crippen molar-refractivity contribution in [3.05, 3.63) is 26.4 Å². The van der Waals surface area contributed by atoms with E-state index in [9.17, 15) is 9.59 Å². The van der Waals surface area contributed by atoms with Crippen LogP contribution >= 0.6 is 22.6 Å². The van der Waals surface area contributed by atoms with Gasteiger partial charge in [0.05, 0.1) is 16.4 Å². The summed E-state index contributed by atoms with van der Waals surface area (Å²) in [7, 11) is 1.44. The summed E-state index contributed by atoms with van der Waals surface area (Å²) in [5.41, 5.74) is -0.204. The largest absolute Gasteiger partial charge is 0.377 e. The number of ketones is 1. The monoisotopic (exact) mass is 308 g/mol. The Morgan fingerprint density at radius 1 is 1.71 bits per heavy atom. The molecular weight excluding hydrogens is 299 g/mol. The van der Waals surface area contributed by atoms with E-state index in [0.29, 0.717) is 3.57 Å². The molecule has 1 aromatic rings. The SMILES string of the molecule is COCC(=O)Cn1cncc(I)c1=O. The number of halogens is 1. The van der Waals surface area contributed by atoms with Crippen molar-refractivity contribution in [2.75, 3.05) is 13.7 Å². The van der Waals surface area contributed by atoms with E-state index >= 15 is 0 Å². The Bertz CT molecular complexity index is 388. The molecule has 0 atom stereocenters. The van der Waals surface area contributed by atoms with Crippen LogP contribution < -0.4 is 5.56 Å². The van der Waals surface area contributed by atoms with Gasteiger partial charge in [0.25, 0.3) is 5.56 Å². The highest BCUT2D eigenvalue weighted by atomic mass is 127. The molecule has 0 unspecified atom stereocenters. The van der Waals surface area contributed by atoms with Gasteiger partial charge in [0.15, 0.2) is 5.78 Å². The second-order valence-electron chi connectivity index (χ2n) is 2.65. The van der Waals surface area contributed by atoms with Gasteiger partial charge in [-0.05, 0) is 22.6 Å². The Kier molecular flexibility index (Phi) is 4.21. The molecule has 0 bridgehead atoms. The van der Waals surface area contributed by atoms with Gasteiger partial charge < -0.3 is 4.74 Å². The lowest BCUT2D eigenvalue weighted by atomic mass is 10.4. The molecule has 1 rings (SSSR count). The zero-order chi connectivity index (χ0) is 10.6. The third-order valence-corrected chi connectivity index (χ3v) is 2.25. The number of rotatable bonds is 4. The molecule has 0 aliphatic heterocycles. The molecular formula is C8H9IN2O3. The van der Waals surface area contributed by atoms with Crippen molar-refractivity contribution in [1.29, 1.82) is 0 Å². The third kappa shape index (κ3) is 2.88. The smallest absolute Gasteiger partial charge is 0.267 e. The number of carbonyl (C=O) groups is 1. The van der Waals surface area contributed by atoms with Crippen LogP contribution in [-0.4, -0.2) is 29.1 Å². The molecule has 0 radical (unpaired) electrons. The predicted molar refractivity (Wildman–Crippen MR) is 58.1 cm³/mol. The van der Waals surface area contributed by atoms with Crippen molar-refractivity contribution in [3.8, 4) is 0 Å². The highest BCUT2D eigenvalue weighted by molar-refractivity contribution is 14.1. The maximum absolute atomic E-state index is 11.4. The molecule has 1 aromatic heterocycles. The van der Waals surface area contributed by atoms with Crippen molar-refractivity contribution in [2.24, 2.45) is 0 Å². The van der Waals surface area contributed by atoms with Crippen molar-refractivity contribution < 1.29 is 9.53 Å². The van der Waals surface area contributed by atoms with E-state index in [0.717, 1.165) is 0 Å². The average molecular weight is 308 g/mol. The second-order valence-corrected chi connectivity index (χ2v) is 3.81. The Labute approximate surface area is 94.2 Å². The zero-order valence-corrected chi connectivity index (χ0v) is 9.72. The number of aromatic nitrogens is 2. The molecule has 0 aromatic carbocycles. The summed E-state index contributed by atoms with van der Waals surface area (Å²) in [4.78, 5) is 26.4. The maximum Gasteiger partial charge on any atom is 0.267 e. The van der Waals surface area contributed by atoms with E-state index in [1.165, 1.54) is 24.2 Å². The molecule has 0 saturated carbocycles. The van der Waals surface area contributed by atoms with E-state index in [2.05, 4.69) is 9.72 Å². The Morgan fingerprint density at radius 3 is 3.07 bits per heavy atom. The Morgan fingerprint density at radius 2 is 2.43 bits per heavy atom. The standard InChI is InChI=1S/C8H9IN2O3/c1-14-4-6(12)3-11-5-10-2-7(9)8(11)13/h2,5H,3-4H2,1H3. The fraction of sp³-hybridized carbons (Fsp3) is 0.375. The quantitative estimate of drug-likeness (QED) is 0.738. The normalized spacial score (nSPS) is 10.1. The van der Waals surface area contributed by atoms with Gasteiger partial charge in [-0.3, -0.25) is 14.2 Å². The van der Waals surface area contributed by atoms with Crippen LogP contribution in [0.3, 0.4) is 0 Å². The summed E-state index contributed by atoms with van der Waals surface area (Å²) in [5.74, 6) is -0.154. The van der Waals surface area contributed by atoms with Gasteiger partial charge in [-0.1, -0.05) is 0 Å². The first kappa shape index (κ1) is 11.3. The van der Waals surface area contributed by atoms with Gasteiger partial charge >= 0.3 is 0 Å². The lowest BCUT2D eigenvalue weighted by Crippen LogP contribution is -2.27. The third-order valence-electron chi connectivity index (χ3n) is 1.51. The summed E-state index contributed by atoms with van der Waals surface area (Å²) in [6.07, 6.45) is 2.80. The number of hydrogen-bond acceptors (Lipinski definition) is 4. The van der Waals surface area contributed by atoms with E-state index in [1.54, 1.807) is 0 Å². The summed E-state index contributed by atoms with van der Waals surface area (Å²) in [5, 5.41) is 0. The molecule has 0 fully saturated rings. The van der Waals surface area contributed by atoms with Gasteiger partial charge in [-0.15, -0.1) is 0 Å². The zero-order valence-electron chi connectivity index (χ0n) is 7.57. The van der Waals surface area contributed by atoms with Crippen LogP contribution in [0.4, 0.5) is 0 Å². The molecule has 1 heterocycles. The van der Waals surface area contributed by atoms with Gasteiger partial charge in [-0.2, -0.15) is 0 Å². The predicted octanol–water partition coefficient (Wildman–Crippen LogP) is 0.0634. The van der Waals surface area contributed by atoms with Crippen LogP contribution in [-0.2, 0) is 16.1 Å². The summed E-state index contributed by atoms with van der Waals surface area (Å²) in [6.45, 7) is 0.0223. The lowest BCUT2D eigenvalue weighted by molar-refractivity contribution is -0.123. The number of nitrogens with zero attached hydrogens (tertiary/aromatic N) is 2. The van der Waals surface area contributed by atoms with Crippen molar-refractivity contribution in [1.82, 2.24) is 9.55 Å². The van der Waals surface area contributed by atoms with E-state index < -0.39 is 0 Å². The molecule has 0 amide bonds. The van der Waals surface area contributed by atoms with E-state index in [1.807, 2.05) is 22.6 Å². The molecule has 0 N–H and O–H groups in total. The molecule has 0 spiro atoms. The number of ether oxygens (including phenoxy) is 1. The minimum absolute atomic E-state index is 0.0104. The highest BCUT2D eigenvalue weighted by Crippen LogP contribution is 1.93.